The van der Waals surface area contributed by atoms with Crippen LogP contribution >= 0.6 is 11.8 Å². The van der Waals surface area contributed by atoms with Gasteiger partial charge < -0.3 is 10.1 Å². The molecule has 0 spiro atoms. The maximum Gasteiger partial charge on any atom is 0.262 e. The van der Waals surface area contributed by atoms with E-state index in [2.05, 4.69) is 16.9 Å². The Bertz CT molecular complexity index is 859. The number of hydrogen-bond donors (Lipinski definition) is 1. The molecule has 0 radical (unpaired) electrons. The van der Waals surface area contributed by atoms with E-state index < -0.39 is 0 Å². The summed E-state index contributed by atoms with van der Waals surface area (Å²) in [5.41, 5.74) is 0.551. The Hall–Kier alpha value is -2.12. The molecule has 1 saturated heterocycles. The Morgan fingerprint density at radius 3 is 3.08 bits per heavy atom. The predicted molar refractivity (Wildman–Crippen MR) is 104 cm³/mol. The van der Waals surface area contributed by atoms with E-state index in [-0.39, 0.29) is 22.8 Å². The van der Waals surface area contributed by atoms with Gasteiger partial charge in [0.1, 0.15) is 0 Å². The number of carbonyl (C=O) groups excluding carboxylic acids is 1. The maximum absolute atomic E-state index is 13.0. The Morgan fingerprint density at radius 1 is 1.54 bits per heavy atom. The molecule has 2 heterocycles. The van der Waals surface area contributed by atoms with Crippen molar-refractivity contribution in [3.63, 3.8) is 0 Å². The molecule has 26 heavy (non-hydrogen) atoms. The van der Waals surface area contributed by atoms with Gasteiger partial charge >= 0.3 is 0 Å². The van der Waals surface area contributed by atoms with Crippen LogP contribution in [0.4, 0.5) is 0 Å². The van der Waals surface area contributed by atoms with E-state index in [0.29, 0.717) is 29.1 Å². The summed E-state index contributed by atoms with van der Waals surface area (Å²) in [5.74, 6) is -0.110. The Labute approximate surface area is 156 Å². The van der Waals surface area contributed by atoms with Crippen LogP contribution in [0.25, 0.3) is 10.9 Å². The fraction of sp³-hybridized carbons (Fsp3) is 0.421. The summed E-state index contributed by atoms with van der Waals surface area (Å²) in [5, 5.41) is 3.53. The van der Waals surface area contributed by atoms with E-state index in [1.54, 1.807) is 23.6 Å². The first-order valence-corrected chi connectivity index (χ1v) is 9.64. The van der Waals surface area contributed by atoms with E-state index in [1.807, 2.05) is 18.2 Å². The zero-order valence-corrected chi connectivity index (χ0v) is 15.6. The van der Waals surface area contributed by atoms with Crippen molar-refractivity contribution in [2.45, 2.75) is 42.8 Å². The minimum Gasteiger partial charge on any atom is -0.376 e. The topological polar surface area (TPSA) is 73.2 Å². The van der Waals surface area contributed by atoms with E-state index in [9.17, 15) is 9.59 Å². The number of benzene rings is 1. The fourth-order valence-electron chi connectivity index (χ4n) is 2.92. The smallest absolute Gasteiger partial charge is 0.262 e. The van der Waals surface area contributed by atoms with Crippen LogP contribution in [0.5, 0.6) is 0 Å². The summed E-state index contributed by atoms with van der Waals surface area (Å²) in [6.45, 7) is 7.00. The molecular weight excluding hydrogens is 350 g/mol. The lowest BCUT2D eigenvalue weighted by Gasteiger charge is -2.18. The minimum atomic E-state index is -0.376. The lowest BCUT2D eigenvalue weighted by Crippen LogP contribution is -2.33. The highest BCUT2D eigenvalue weighted by Crippen LogP contribution is 2.24. The highest BCUT2D eigenvalue weighted by Gasteiger charge is 2.22. The summed E-state index contributed by atoms with van der Waals surface area (Å²) in [6, 6.07) is 7.29. The molecule has 2 atom stereocenters. The third-order valence-corrected chi connectivity index (χ3v) is 5.40. The summed E-state index contributed by atoms with van der Waals surface area (Å²) in [6.07, 6.45) is 3.58. The molecule has 3 rings (SSSR count). The van der Waals surface area contributed by atoms with Crippen LogP contribution < -0.4 is 10.9 Å². The van der Waals surface area contributed by atoms with E-state index >= 15 is 0 Å². The van der Waals surface area contributed by atoms with E-state index in [4.69, 9.17) is 4.74 Å². The first-order chi connectivity index (χ1) is 12.6. The number of aromatic nitrogens is 2. The van der Waals surface area contributed by atoms with Crippen molar-refractivity contribution in [2.75, 3.05) is 13.2 Å². The van der Waals surface area contributed by atoms with Crippen molar-refractivity contribution in [3.05, 3.63) is 47.3 Å². The number of carbonyl (C=O) groups is 1. The lowest BCUT2D eigenvalue weighted by molar-refractivity contribution is -0.120. The lowest BCUT2D eigenvalue weighted by atomic mass is 10.2. The number of thioether (sulfide) groups is 1. The molecule has 1 aromatic heterocycles. The molecule has 1 aromatic carbocycles. The highest BCUT2D eigenvalue weighted by molar-refractivity contribution is 8.00. The third kappa shape index (κ3) is 4.16. The molecule has 6 nitrogen and oxygen atoms in total. The summed E-state index contributed by atoms with van der Waals surface area (Å²) in [7, 11) is 0. The highest BCUT2D eigenvalue weighted by atomic mass is 32.2. The van der Waals surface area contributed by atoms with Crippen LogP contribution in [0.2, 0.25) is 0 Å². The molecule has 1 amide bonds. The quantitative estimate of drug-likeness (QED) is 0.458. The number of nitrogens with one attached hydrogen (secondary N) is 1. The Balaban J connectivity index is 1.94. The molecular formula is C19H23N3O3S. The van der Waals surface area contributed by atoms with Gasteiger partial charge in [0, 0.05) is 13.2 Å². The van der Waals surface area contributed by atoms with Gasteiger partial charge in [-0.1, -0.05) is 30.0 Å². The first-order valence-electron chi connectivity index (χ1n) is 8.76. The number of fused-ring (bicyclic) bond motifs is 1. The average molecular weight is 373 g/mol. The number of rotatable bonds is 7. The van der Waals surface area contributed by atoms with Crippen molar-refractivity contribution in [2.24, 2.45) is 0 Å². The zero-order chi connectivity index (χ0) is 18.5. The first kappa shape index (κ1) is 18.7. The fourth-order valence-corrected chi connectivity index (χ4v) is 3.86. The SMILES string of the molecule is C=CCNC(=O)[C@H](C)Sc1nc2ccccc2c(=O)n1C[C@H]1CCCO1. The van der Waals surface area contributed by atoms with Gasteiger partial charge in [-0.25, -0.2) is 4.98 Å². The van der Waals surface area contributed by atoms with Gasteiger partial charge in [-0.05, 0) is 31.9 Å². The Kier molecular flexibility index (Phi) is 6.11. The summed E-state index contributed by atoms with van der Waals surface area (Å²) >= 11 is 1.29. The second-order valence-corrected chi connectivity index (χ2v) is 7.56. The number of nitrogens with zero attached hydrogens (tertiary/aromatic N) is 2. The molecule has 0 saturated carbocycles. The molecule has 0 bridgehead atoms. The standard InChI is InChI=1S/C19H23N3O3S/c1-3-10-20-17(23)13(2)26-19-21-16-9-5-4-8-15(16)18(24)22(19)12-14-7-6-11-25-14/h3-5,8-9,13-14H,1,6-7,10-12H2,2H3,(H,20,23)/t13-,14+/m0/s1. The van der Waals surface area contributed by atoms with Crippen LogP contribution in [0, 0.1) is 0 Å². The van der Waals surface area contributed by atoms with Crippen molar-refractivity contribution in [1.29, 1.82) is 0 Å². The average Bonchev–Trinajstić information content (AvgIpc) is 3.16. The minimum absolute atomic E-state index is 0.0138. The predicted octanol–water partition coefficient (Wildman–Crippen LogP) is 2.36. The molecule has 1 N–H and O–H groups in total. The number of para-hydroxylation sites is 1. The Morgan fingerprint density at radius 2 is 2.35 bits per heavy atom. The largest absolute Gasteiger partial charge is 0.376 e. The van der Waals surface area contributed by atoms with Crippen LogP contribution in [0.15, 0.2) is 46.9 Å². The number of hydrogen-bond acceptors (Lipinski definition) is 5. The maximum atomic E-state index is 13.0. The van der Waals surface area contributed by atoms with Gasteiger partial charge in [-0.2, -0.15) is 0 Å². The molecule has 1 fully saturated rings. The van der Waals surface area contributed by atoms with Crippen LogP contribution in [0.3, 0.4) is 0 Å². The monoisotopic (exact) mass is 373 g/mol. The second kappa shape index (κ2) is 8.51. The summed E-state index contributed by atoms with van der Waals surface area (Å²) < 4.78 is 7.35. The molecule has 0 unspecified atom stereocenters. The van der Waals surface area contributed by atoms with Crippen molar-refractivity contribution >= 4 is 28.6 Å². The van der Waals surface area contributed by atoms with Crippen LogP contribution in [-0.4, -0.2) is 40.0 Å². The molecule has 0 aliphatic carbocycles. The van der Waals surface area contributed by atoms with Crippen LogP contribution in [-0.2, 0) is 16.1 Å². The molecule has 138 valence electrons. The number of amides is 1. The molecule has 7 heteroatoms. The van der Waals surface area contributed by atoms with Crippen molar-refractivity contribution in [3.8, 4) is 0 Å². The molecule has 1 aliphatic heterocycles. The van der Waals surface area contributed by atoms with Gasteiger partial charge in [-0.15, -0.1) is 6.58 Å². The van der Waals surface area contributed by atoms with Gasteiger partial charge in [0.15, 0.2) is 5.16 Å². The summed E-state index contributed by atoms with van der Waals surface area (Å²) in [4.78, 5) is 29.8. The van der Waals surface area contributed by atoms with E-state index in [1.165, 1.54) is 11.8 Å². The molecule has 2 aromatic rings. The van der Waals surface area contributed by atoms with Gasteiger partial charge in [0.2, 0.25) is 5.91 Å². The van der Waals surface area contributed by atoms with Crippen molar-refractivity contribution < 1.29 is 9.53 Å². The van der Waals surface area contributed by atoms with Gasteiger partial charge in [0.05, 0.1) is 28.8 Å². The van der Waals surface area contributed by atoms with Gasteiger partial charge in [-0.3, -0.25) is 14.2 Å². The third-order valence-electron chi connectivity index (χ3n) is 4.31. The van der Waals surface area contributed by atoms with E-state index in [0.717, 1.165) is 19.4 Å². The van der Waals surface area contributed by atoms with Gasteiger partial charge in [0.25, 0.3) is 5.56 Å². The normalized spacial score (nSPS) is 18.0. The van der Waals surface area contributed by atoms with Crippen molar-refractivity contribution in [1.82, 2.24) is 14.9 Å². The zero-order valence-electron chi connectivity index (χ0n) is 14.8. The molecule has 1 aliphatic rings. The number of ether oxygens (including phenoxy) is 1. The second-order valence-electron chi connectivity index (χ2n) is 6.26. The van der Waals surface area contributed by atoms with Crippen LogP contribution in [0.1, 0.15) is 19.8 Å².